The Labute approximate surface area is 167 Å². The monoisotopic (exact) mass is 388 g/mol. The lowest BCUT2D eigenvalue weighted by molar-refractivity contribution is 0.0926. The second kappa shape index (κ2) is 6.73. The fourth-order valence-electron chi connectivity index (χ4n) is 4.03. The fourth-order valence-corrected chi connectivity index (χ4v) is 4.03. The van der Waals surface area contributed by atoms with Gasteiger partial charge in [0.15, 0.2) is 5.69 Å². The molecule has 8 nitrogen and oxygen atoms in total. The van der Waals surface area contributed by atoms with Crippen molar-refractivity contribution in [3.8, 4) is 0 Å². The van der Waals surface area contributed by atoms with E-state index in [4.69, 9.17) is 0 Å². The zero-order valence-corrected chi connectivity index (χ0v) is 15.9. The van der Waals surface area contributed by atoms with Crippen LogP contribution in [0, 0.1) is 0 Å². The summed E-state index contributed by atoms with van der Waals surface area (Å²) in [5, 5.41) is 13.0. The summed E-state index contributed by atoms with van der Waals surface area (Å²) in [5.41, 5.74) is 4.70. The molecule has 0 saturated carbocycles. The molecule has 0 radical (unpaired) electrons. The van der Waals surface area contributed by atoms with Gasteiger partial charge in [-0.3, -0.25) is 14.7 Å². The summed E-state index contributed by atoms with van der Waals surface area (Å²) < 4.78 is 0. The number of H-pyrrole nitrogens is 1. The Kier molecular flexibility index (Phi) is 4.04. The van der Waals surface area contributed by atoms with E-state index in [9.17, 15) is 9.59 Å². The van der Waals surface area contributed by atoms with E-state index >= 15 is 0 Å². The van der Waals surface area contributed by atoms with Gasteiger partial charge in [0.2, 0.25) is 0 Å². The molecule has 3 heterocycles. The van der Waals surface area contributed by atoms with Crippen LogP contribution >= 0.6 is 0 Å². The standard InChI is InChI=1S/C21H20N6O2/c1-27-18(24-20(28)15-5-3-11-22-19(15)27)12-7-9-13(10-8-12)23-21(29)17-14-4-2-6-16(14)25-26-17/h3,5,7-11,18H,2,4,6H2,1H3,(H,23,29)(H,24,28)(H,25,26). The van der Waals surface area contributed by atoms with Gasteiger partial charge in [-0.25, -0.2) is 4.98 Å². The molecule has 3 N–H and O–H groups in total. The molecular formula is C21H20N6O2. The molecule has 1 aliphatic heterocycles. The number of anilines is 2. The third-order valence-corrected chi connectivity index (χ3v) is 5.53. The number of rotatable bonds is 3. The third-order valence-electron chi connectivity index (χ3n) is 5.53. The topological polar surface area (TPSA) is 103 Å². The van der Waals surface area contributed by atoms with Gasteiger partial charge in [-0.05, 0) is 49.1 Å². The van der Waals surface area contributed by atoms with E-state index in [1.165, 1.54) is 0 Å². The Hall–Kier alpha value is -3.68. The van der Waals surface area contributed by atoms with Crippen molar-refractivity contribution < 1.29 is 9.59 Å². The first kappa shape index (κ1) is 17.4. The van der Waals surface area contributed by atoms with Crippen molar-refractivity contribution in [2.24, 2.45) is 0 Å². The minimum Gasteiger partial charge on any atom is -0.335 e. The molecule has 1 atom stereocenters. The molecule has 0 fully saturated rings. The Balaban J connectivity index is 1.34. The zero-order valence-electron chi connectivity index (χ0n) is 15.9. The molecule has 29 heavy (non-hydrogen) atoms. The van der Waals surface area contributed by atoms with E-state index < -0.39 is 0 Å². The van der Waals surface area contributed by atoms with E-state index in [0.29, 0.717) is 22.8 Å². The van der Waals surface area contributed by atoms with Gasteiger partial charge in [0, 0.05) is 30.2 Å². The maximum absolute atomic E-state index is 12.6. The highest BCUT2D eigenvalue weighted by molar-refractivity contribution is 6.04. The van der Waals surface area contributed by atoms with Gasteiger partial charge in [0.05, 0.1) is 5.56 Å². The number of carbonyl (C=O) groups is 2. The number of aromatic nitrogens is 3. The number of hydrogen-bond donors (Lipinski definition) is 3. The van der Waals surface area contributed by atoms with Crippen LogP contribution in [0.5, 0.6) is 0 Å². The van der Waals surface area contributed by atoms with Crippen LogP contribution in [0.4, 0.5) is 11.5 Å². The molecule has 0 bridgehead atoms. The molecule has 8 heteroatoms. The van der Waals surface area contributed by atoms with Crippen LogP contribution in [0.3, 0.4) is 0 Å². The Morgan fingerprint density at radius 3 is 2.86 bits per heavy atom. The van der Waals surface area contributed by atoms with Gasteiger partial charge < -0.3 is 15.5 Å². The summed E-state index contributed by atoms with van der Waals surface area (Å²) in [6, 6.07) is 10.9. The number of nitrogens with one attached hydrogen (secondary N) is 3. The molecule has 3 aromatic rings. The molecule has 2 amide bonds. The first-order valence-corrected chi connectivity index (χ1v) is 9.58. The van der Waals surface area contributed by atoms with Crippen LogP contribution in [-0.4, -0.2) is 34.0 Å². The smallest absolute Gasteiger partial charge is 0.276 e. The molecule has 1 aromatic carbocycles. The van der Waals surface area contributed by atoms with Crippen molar-refractivity contribution in [1.29, 1.82) is 0 Å². The molecule has 2 aliphatic rings. The number of carbonyl (C=O) groups excluding carboxylic acids is 2. The van der Waals surface area contributed by atoms with Crippen molar-refractivity contribution in [3.05, 3.63) is 70.7 Å². The molecule has 5 rings (SSSR count). The average Bonchev–Trinajstić information content (AvgIpc) is 3.35. The van der Waals surface area contributed by atoms with Gasteiger partial charge >= 0.3 is 0 Å². The molecule has 2 aromatic heterocycles. The van der Waals surface area contributed by atoms with E-state index in [1.54, 1.807) is 18.3 Å². The largest absolute Gasteiger partial charge is 0.335 e. The maximum atomic E-state index is 12.6. The number of pyridine rings is 1. The molecule has 0 saturated heterocycles. The van der Waals surface area contributed by atoms with Crippen molar-refractivity contribution in [2.75, 3.05) is 17.3 Å². The third kappa shape index (κ3) is 2.93. The molecule has 0 spiro atoms. The van der Waals surface area contributed by atoms with Crippen LogP contribution in [0.2, 0.25) is 0 Å². The second-order valence-electron chi connectivity index (χ2n) is 7.32. The van der Waals surface area contributed by atoms with Crippen LogP contribution in [0.25, 0.3) is 0 Å². The number of aryl methyl sites for hydroxylation is 1. The van der Waals surface area contributed by atoms with Crippen LogP contribution in [-0.2, 0) is 12.8 Å². The van der Waals surface area contributed by atoms with Gasteiger partial charge in [-0.15, -0.1) is 0 Å². The second-order valence-corrected chi connectivity index (χ2v) is 7.32. The van der Waals surface area contributed by atoms with Crippen LogP contribution < -0.4 is 15.5 Å². The number of hydrogen-bond acceptors (Lipinski definition) is 5. The maximum Gasteiger partial charge on any atom is 0.276 e. The van der Waals surface area contributed by atoms with Gasteiger partial charge in [-0.1, -0.05) is 12.1 Å². The van der Waals surface area contributed by atoms with E-state index in [0.717, 1.165) is 36.1 Å². The SMILES string of the molecule is CN1c2ncccc2C(=O)NC1c1ccc(NC(=O)c2n[nH]c3c2CCC3)cc1. The minimum absolute atomic E-state index is 0.152. The number of nitrogens with zero attached hydrogens (tertiary/aromatic N) is 3. The molecule has 1 unspecified atom stereocenters. The number of benzene rings is 1. The lowest BCUT2D eigenvalue weighted by atomic mass is 10.1. The minimum atomic E-state index is -0.329. The Morgan fingerprint density at radius 1 is 1.21 bits per heavy atom. The first-order chi connectivity index (χ1) is 14.1. The summed E-state index contributed by atoms with van der Waals surface area (Å²) in [5.74, 6) is 0.283. The quantitative estimate of drug-likeness (QED) is 0.639. The number of fused-ring (bicyclic) bond motifs is 2. The molecular weight excluding hydrogens is 368 g/mol. The van der Waals surface area contributed by atoms with Crippen molar-refractivity contribution >= 4 is 23.3 Å². The van der Waals surface area contributed by atoms with Gasteiger partial charge in [0.25, 0.3) is 11.8 Å². The highest BCUT2D eigenvalue weighted by Gasteiger charge is 2.30. The first-order valence-electron chi connectivity index (χ1n) is 9.58. The summed E-state index contributed by atoms with van der Waals surface area (Å²) in [4.78, 5) is 31.3. The van der Waals surface area contributed by atoms with Gasteiger partial charge in [0.1, 0.15) is 12.0 Å². The number of aromatic amines is 1. The van der Waals surface area contributed by atoms with E-state index in [1.807, 2.05) is 36.2 Å². The van der Waals surface area contributed by atoms with Crippen LogP contribution in [0.1, 0.15) is 50.3 Å². The molecule has 1 aliphatic carbocycles. The number of amides is 2. The lowest BCUT2D eigenvalue weighted by Crippen LogP contribution is -2.45. The summed E-state index contributed by atoms with van der Waals surface area (Å²) in [6.07, 6.45) is 4.23. The summed E-state index contributed by atoms with van der Waals surface area (Å²) in [7, 11) is 1.89. The average molecular weight is 388 g/mol. The predicted octanol–water partition coefficient (Wildman–Crippen LogP) is 2.42. The Morgan fingerprint density at radius 2 is 2.03 bits per heavy atom. The fraction of sp³-hybridized carbons (Fsp3) is 0.238. The summed E-state index contributed by atoms with van der Waals surface area (Å²) >= 11 is 0. The highest BCUT2D eigenvalue weighted by atomic mass is 16.2. The zero-order chi connectivity index (χ0) is 20.0. The van der Waals surface area contributed by atoms with Crippen molar-refractivity contribution in [2.45, 2.75) is 25.4 Å². The predicted molar refractivity (Wildman–Crippen MR) is 108 cm³/mol. The van der Waals surface area contributed by atoms with E-state index in [-0.39, 0.29) is 18.0 Å². The summed E-state index contributed by atoms with van der Waals surface area (Å²) in [6.45, 7) is 0. The van der Waals surface area contributed by atoms with Crippen molar-refractivity contribution in [3.63, 3.8) is 0 Å². The van der Waals surface area contributed by atoms with E-state index in [2.05, 4.69) is 25.8 Å². The van der Waals surface area contributed by atoms with Crippen molar-refractivity contribution in [1.82, 2.24) is 20.5 Å². The molecule has 146 valence electrons. The highest BCUT2D eigenvalue weighted by Crippen LogP contribution is 2.30. The van der Waals surface area contributed by atoms with Crippen LogP contribution in [0.15, 0.2) is 42.6 Å². The van der Waals surface area contributed by atoms with Gasteiger partial charge in [-0.2, -0.15) is 5.10 Å². The lowest BCUT2D eigenvalue weighted by Gasteiger charge is -2.35. The Bertz CT molecular complexity index is 1100. The normalized spacial score (nSPS) is 17.5.